The predicted molar refractivity (Wildman–Crippen MR) is 73.3 cm³/mol. The summed E-state index contributed by atoms with van der Waals surface area (Å²) in [5.74, 6) is 0. The predicted octanol–water partition coefficient (Wildman–Crippen LogP) is 2.78. The van der Waals surface area contributed by atoms with Crippen LogP contribution in [0.15, 0.2) is 6.07 Å². The van der Waals surface area contributed by atoms with Crippen molar-refractivity contribution in [2.45, 2.75) is 60.0 Å². The molecule has 0 aliphatic rings. The lowest BCUT2D eigenvalue weighted by molar-refractivity contribution is 0.312. The van der Waals surface area contributed by atoms with Gasteiger partial charge in [0.15, 0.2) is 0 Å². The molecule has 0 fully saturated rings. The molecule has 0 aromatic carbocycles. The average molecular weight is 237 g/mol. The Balaban J connectivity index is 2.73. The van der Waals surface area contributed by atoms with Gasteiger partial charge in [-0.15, -0.1) is 0 Å². The Kier molecular flexibility index (Phi) is 4.75. The third-order valence-electron chi connectivity index (χ3n) is 3.01. The van der Waals surface area contributed by atoms with Gasteiger partial charge < -0.3 is 5.32 Å². The lowest BCUT2D eigenvalue weighted by Crippen LogP contribution is -2.32. The fourth-order valence-corrected chi connectivity index (χ4v) is 2.31. The van der Waals surface area contributed by atoms with Crippen LogP contribution >= 0.6 is 0 Å². The number of likely N-dealkylation sites (N-methyl/N-ethyl adjacent to an activating group) is 1. The molecule has 1 N–H and O–H groups in total. The van der Waals surface area contributed by atoms with Gasteiger partial charge in [0.25, 0.3) is 0 Å². The third-order valence-corrected chi connectivity index (χ3v) is 3.01. The summed E-state index contributed by atoms with van der Waals surface area (Å²) in [6.07, 6.45) is 2.24. The monoisotopic (exact) mass is 237 g/mol. The van der Waals surface area contributed by atoms with E-state index in [2.05, 4.69) is 62.8 Å². The molecule has 0 spiro atoms. The molecular formula is C14H27N3. The van der Waals surface area contributed by atoms with E-state index in [1.165, 1.54) is 12.1 Å². The molecule has 0 aliphatic carbocycles. The third kappa shape index (κ3) is 4.50. The molecular weight excluding hydrogens is 210 g/mol. The second-order valence-corrected chi connectivity index (χ2v) is 6.05. The van der Waals surface area contributed by atoms with Crippen LogP contribution in [-0.4, -0.2) is 22.9 Å². The van der Waals surface area contributed by atoms with Gasteiger partial charge in [-0.2, -0.15) is 5.10 Å². The van der Waals surface area contributed by atoms with Gasteiger partial charge in [0.2, 0.25) is 0 Å². The van der Waals surface area contributed by atoms with E-state index >= 15 is 0 Å². The number of aromatic nitrogens is 2. The number of nitrogens with one attached hydrogen (secondary N) is 1. The molecule has 1 aromatic rings. The average Bonchev–Trinajstić information content (AvgIpc) is 2.55. The first-order chi connectivity index (χ1) is 7.85. The van der Waals surface area contributed by atoms with Gasteiger partial charge >= 0.3 is 0 Å². The molecule has 1 unspecified atom stereocenters. The van der Waals surface area contributed by atoms with Crippen LogP contribution in [0.1, 0.15) is 45.5 Å². The Morgan fingerprint density at radius 1 is 1.41 bits per heavy atom. The first-order valence-electron chi connectivity index (χ1n) is 6.56. The van der Waals surface area contributed by atoms with E-state index in [0.29, 0.717) is 11.5 Å². The number of aryl methyl sites for hydroxylation is 2. The molecule has 3 nitrogen and oxygen atoms in total. The van der Waals surface area contributed by atoms with Gasteiger partial charge in [0.1, 0.15) is 0 Å². The van der Waals surface area contributed by atoms with E-state index in [-0.39, 0.29) is 0 Å². The Morgan fingerprint density at radius 3 is 2.53 bits per heavy atom. The van der Waals surface area contributed by atoms with Crippen LogP contribution in [-0.2, 0) is 13.0 Å². The van der Waals surface area contributed by atoms with Crippen molar-refractivity contribution < 1.29 is 0 Å². The van der Waals surface area contributed by atoms with Crippen molar-refractivity contribution in [2.75, 3.05) is 7.05 Å². The Morgan fingerprint density at radius 2 is 2.06 bits per heavy atom. The van der Waals surface area contributed by atoms with Crippen LogP contribution in [0.4, 0.5) is 0 Å². The van der Waals surface area contributed by atoms with Crippen LogP contribution in [0.25, 0.3) is 0 Å². The summed E-state index contributed by atoms with van der Waals surface area (Å²) < 4.78 is 2.11. The molecule has 0 radical (unpaired) electrons. The molecule has 1 rings (SSSR count). The van der Waals surface area contributed by atoms with Crippen molar-refractivity contribution in [2.24, 2.45) is 5.41 Å². The van der Waals surface area contributed by atoms with Crippen molar-refractivity contribution in [1.29, 1.82) is 0 Å². The molecule has 17 heavy (non-hydrogen) atoms. The van der Waals surface area contributed by atoms with E-state index in [4.69, 9.17) is 0 Å². The SMILES string of the molecule is CCn1nc(C)cc1CC(CC(C)(C)C)NC. The molecule has 3 heteroatoms. The summed E-state index contributed by atoms with van der Waals surface area (Å²) in [5.41, 5.74) is 2.82. The summed E-state index contributed by atoms with van der Waals surface area (Å²) in [6.45, 7) is 12.0. The second kappa shape index (κ2) is 5.67. The molecule has 0 saturated heterocycles. The van der Waals surface area contributed by atoms with Crippen molar-refractivity contribution >= 4 is 0 Å². The van der Waals surface area contributed by atoms with E-state index < -0.39 is 0 Å². The zero-order valence-corrected chi connectivity index (χ0v) is 12.2. The smallest absolute Gasteiger partial charge is 0.0596 e. The molecule has 0 saturated carbocycles. The molecule has 0 bridgehead atoms. The number of nitrogens with zero attached hydrogens (tertiary/aromatic N) is 2. The standard InChI is InChI=1S/C14H27N3/c1-7-17-13(8-11(2)16-17)9-12(15-6)10-14(3,4)5/h8,12,15H,7,9-10H2,1-6H3. The topological polar surface area (TPSA) is 29.9 Å². The van der Waals surface area contributed by atoms with Crippen LogP contribution in [0.3, 0.4) is 0 Å². The number of hydrogen-bond donors (Lipinski definition) is 1. The largest absolute Gasteiger partial charge is 0.317 e. The van der Waals surface area contributed by atoms with E-state index in [0.717, 1.165) is 18.7 Å². The normalized spacial score (nSPS) is 14.0. The maximum atomic E-state index is 4.50. The Bertz CT molecular complexity index is 347. The van der Waals surface area contributed by atoms with Crippen molar-refractivity contribution in [1.82, 2.24) is 15.1 Å². The minimum Gasteiger partial charge on any atom is -0.317 e. The highest BCUT2D eigenvalue weighted by Gasteiger charge is 2.19. The summed E-state index contributed by atoms with van der Waals surface area (Å²) in [7, 11) is 2.05. The van der Waals surface area contributed by atoms with E-state index in [1.807, 2.05) is 0 Å². The highest BCUT2D eigenvalue weighted by molar-refractivity contribution is 5.10. The van der Waals surface area contributed by atoms with Gasteiger partial charge in [-0.1, -0.05) is 20.8 Å². The van der Waals surface area contributed by atoms with Crippen LogP contribution in [0, 0.1) is 12.3 Å². The Labute approximate surface area is 106 Å². The zero-order valence-electron chi connectivity index (χ0n) is 12.2. The summed E-state index contributed by atoms with van der Waals surface area (Å²) in [6, 6.07) is 2.73. The second-order valence-electron chi connectivity index (χ2n) is 6.05. The van der Waals surface area contributed by atoms with Gasteiger partial charge in [-0.25, -0.2) is 0 Å². The molecule has 1 aromatic heterocycles. The quantitative estimate of drug-likeness (QED) is 0.853. The van der Waals surface area contributed by atoms with Gasteiger partial charge in [0.05, 0.1) is 5.69 Å². The molecule has 1 atom stereocenters. The first kappa shape index (κ1) is 14.2. The fraction of sp³-hybridized carbons (Fsp3) is 0.786. The van der Waals surface area contributed by atoms with Gasteiger partial charge in [-0.05, 0) is 38.8 Å². The van der Waals surface area contributed by atoms with Gasteiger partial charge in [0, 0.05) is 24.7 Å². The minimum atomic E-state index is 0.361. The maximum absolute atomic E-state index is 4.50. The summed E-state index contributed by atoms with van der Waals surface area (Å²) in [4.78, 5) is 0. The lowest BCUT2D eigenvalue weighted by Gasteiger charge is -2.25. The van der Waals surface area contributed by atoms with Crippen molar-refractivity contribution in [3.05, 3.63) is 17.5 Å². The number of rotatable bonds is 5. The van der Waals surface area contributed by atoms with Crippen LogP contribution < -0.4 is 5.32 Å². The van der Waals surface area contributed by atoms with E-state index in [9.17, 15) is 0 Å². The maximum Gasteiger partial charge on any atom is 0.0596 e. The fourth-order valence-electron chi connectivity index (χ4n) is 2.31. The number of hydrogen-bond acceptors (Lipinski definition) is 2. The Hall–Kier alpha value is -0.830. The minimum absolute atomic E-state index is 0.361. The lowest BCUT2D eigenvalue weighted by atomic mass is 9.86. The molecule has 0 amide bonds. The first-order valence-corrected chi connectivity index (χ1v) is 6.56. The zero-order chi connectivity index (χ0) is 13.1. The highest BCUT2D eigenvalue weighted by atomic mass is 15.3. The van der Waals surface area contributed by atoms with Crippen molar-refractivity contribution in [3.63, 3.8) is 0 Å². The van der Waals surface area contributed by atoms with Gasteiger partial charge in [-0.3, -0.25) is 4.68 Å². The molecule has 0 aliphatic heterocycles. The van der Waals surface area contributed by atoms with Crippen molar-refractivity contribution in [3.8, 4) is 0 Å². The van der Waals surface area contributed by atoms with Crippen LogP contribution in [0.5, 0.6) is 0 Å². The van der Waals surface area contributed by atoms with E-state index in [1.54, 1.807) is 0 Å². The molecule has 1 heterocycles. The summed E-state index contributed by atoms with van der Waals surface area (Å²) >= 11 is 0. The van der Waals surface area contributed by atoms with Crippen LogP contribution in [0.2, 0.25) is 0 Å². The highest BCUT2D eigenvalue weighted by Crippen LogP contribution is 2.22. The summed E-state index contributed by atoms with van der Waals surface area (Å²) in [5, 5.41) is 7.93. The molecule has 98 valence electrons.